The Hall–Kier alpha value is -2.81. The Morgan fingerprint density at radius 1 is 0.905 bits per heavy atom. The summed E-state index contributed by atoms with van der Waals surface area (Å²) in [5.41, 5.74) is 3.12. The molecule has 0 radical (unpaired) electrons. The minimum Gasteiger partial charge on any atom is -0.464 e. The van der Waals surface area contributed by atoms with Crippen molar-refractivity contribution in [3.63, 3.8) is 0 Å². The van der Waals surface area contributed by atoms with Gasteiger partial charge in [0.05, 0.1) is 11.6 Å². The van der Waals surface area contributed by atoms with Crippen LogP contribution >= 0.6 is 0 Å². The summed E-state index contributed by atoms with van der Waals surface area (Å²) >= 11 is 0. The second-order valence-electron chi connectivity index (χ2n) is 5.10. The second-order valence-corrected chi connectivity index (χ2v) is 5.10. The highest BCUT2D eigenvalue weighted by atomic mass is 16.3. The third-order valence-electron chi connectivity index (χ3n) is 3.68. The van der Waals surface area contributed by atoms with Gasteiger partial charge < -0.3 is 8.83 Å². The molecule has 2 aromatic heterocycles. The van der Waals surface area contributed by atoms with Gasteiger partial charge in [-0.2, -0.15) is 0 Å². The summed E-state index contributed by atoms with van der Waals surface area (Å²) in [7, 11) is 0. The summed E-state index contributed by atoms with van der Waals surface area (Å²) in [6, 6.07) is 14.8. The zero-order valence-corrected chi connectivity index (χ0v) is 11.4. The van der Waals surface area contributed by atoms with Gasteiger partial charge in [-0.3, -0.25) is 4.79 Å². The average Bonchev–Trinajstić information content (AvgIpc) is 2.87. The highest BCUT2D eigenvalue weighted by Gasteiger charge is 2.10. The number of furan rings is 1. The van der Waals surface area contributed by atoms with Gasteiger partial charge in [-0.15, -0.1) is 0 Å². The first-order valence-electron chi connectivity index (χ1n) is 6.73. The second kappa shape index (κ2) is 4.35. The van der Waals surface area contributed by atoms with Crippen molar-refractivity contribution >= 4 is 21.9 Å². The van der Waals surface area contributed by atoms with Crippen LogP contribution in [0.25, 0.3) is 33.3 Å². The number of rotatable bonds is 1. The smallest absolute Gasteiger partial charge is 0.193 e. The van der Waals surface area contributed by atoms with Crippen molar-refractivity contribution in [1.29, 1.82) is 0 Å². The van der Waals surface area contributed by atoms with Crippen LogP contribution in [0.5, 0.6) is 0 Å². The van der Waals surface area contributed by atoms with Crippen LogP contribution in [0.2, 0.25) is 0 Å². The van der Waals surface area contributed by atoms with Crippen molar-refractivity contribution in [2.75, 3.05) is 0 Å². The van der Waals surface area contributed by atoms with Crippen molar-refractivity contribution < 1.29 is 8.83 Å². The van der Waals surface area contributed by atoms with Crippen LogP contribution in [0, 0.1) is 6.92 Å². The fourth-order valence-electron chi connectivity index (χ4n) is 2.55. The first-order chi connectivity index (χ1) is 10.2. The van der Waals surface area contributed by atoms with Gasteiger partial charge >= 0.3 is 0 Å². The van der Waals surface area contributed by atoms with Gasteiger partial charge in [-0.05, 0) is 18.6 Å². The normalized spacial score (nSPS) is 11.3. The molecule has 0 amide bonds. The van der Waals surface area contributed by atoms with E-state index in [0.717, 1.165) is 22.1 Å². The van der Waals surface area contributed by atoms with Crippen molar-refractivity contribution in [3.05, 3.63) is 70.6 Å². The lowest BCUT2D eigenvalue weighted by molar-refractivity contribution is 0.604. The topological polar surface area (TPSA) is 43.4 Å². The summed E-state index contributed by atoms with van der Waals surface area (Å²) < 4.78 is 11.4. The van der Waals surface area contributed by atoms with Crippen LogP contribution in [0.1, 0.15) is 5.56 Å². The molecule has 0 fully saturated rings. The Morgan fingerprint density at radius 3 is 2.52 bits per heavy atom. The Balaban J connectivity index is 2.06. The molecular weight excluding hydrogens is 264 g/mol. The number of hydrogen-bond acceptors (Lipinski definition) is 3. The molecule has 4 aromatic rings. The summed E-state index contributed by atoms with van der Waals surface area (Å²) in [4.78, 5) is 12.4. The van der Waals surface area contributed by atoms with Crippen LogP contribution < -0.4 is 5.43 Å². The van der Waals surface area contributed by atoms with E-state index in [1.165, 1.54) is 0 Å². The van der Waals surface area contributed by atoms with E-state index < -0.39 is 0 Å². The lowest BCUT2D eigenvalue weighted by Gasteiger charge is -2.03. The van der Waals surface area contributed by atoms with Gasteiger partial charge in [0.1, 0.15) is 16.9 Å². The molecule has 0 unspecified atom stereocenters. The van der Waals surface area contributed by atoms with E-state index in [-0.39, 0.29) is 5.43 Å². The standard InChI is InChI=1S/C18H12O3/c1-11-10-20-17-9-18-14(7-13(11)17)15(19)8-16(21-18)12-5-3-2-4-6-12/h2-10H,1H3. The minimum atomic E-state index is -0.0439. The Morgan fingerprint density at radius 2 is 1.71 bits per heavy atom. The van der Waals surface area contributed by atoms with Gasteiger partial charge in [-0.1, -0.05) is 30.3 Å². The molecule has 0 bridgehead atoms. The Bertz CT molecular complexity index is 1010. The summed E-state index contributed by atoms with van der Waals surface area (Å²) in [6.45, 7) is 1.96. The van der Waals surface area contributed by atoms with E-state index in [9.17, 15) is 4.79 Å². The van der Waals surface area contributed by atoms with Crippen molar-refractivity contribution in [1.82, 2.24) is 0 Å². The molecule has 0 spiro atoms. The maximum atomic E-state index is 12.4. The molecule has 0 saturated carbocycles. The van der Waals surface area contributed by atoms with Crippen LogP contribution in [-0.2, 0) is 0 Å². The highest BCUT2D eigenvalue weighted by Crippen LogP contribution is 2.28. The van der Waals surface area contributed by atoms with Crippen molar-refractivity contribution in [2.24, 2.45) is 0 Å². The zero-order valence-electron chi connectivity index (χ0n) is 11.4. The summed E-state index contributed by atoms with van der Waals surface area (Å²) in [5.74, 6) is 0.565. The number of fused-ring (bicyclic) bond motifs is 2. The molecule has 0 atom stereocenters. The maximum Gasteiger partial charge on any atom is 0.193 e. The molecule has 0 aliphatic carbocycles. The predicted octanol–water partition coefficient (Wildman–Crippen LogP) is 4.51. The van der Waals surface area contributed by atoms with Crippen LogP contribution in [0.3, 0.4) is 0 Å². The summed E-state index contributed by atoms with van der Waals surface area (Å²) in [6.07, 6.45) is 1.69. The summed E-state index contributed by atoms with van der Waals surface area (Å²) in [5, 5.41) is 1.52. The molecule has 0 N–H and O–H groups in total. The number of aryl methyl sites for hydroxylation is 1. The van der Waals surface area contributed by atoms with E-state index in [1.807, 2.05) is 43.3 Å². The van der Waals surface area contributed by atoms with Crippen molar-refractivity contribution in [3.8, 4) is 11.3 Å². The van der Waals surface area contributed by atoms with E-state index in [4.69, 9.17) is 8.83 Å². The van der Waals surface area contributed by atoms with E-state index in [2.05, 4.69) is 0 Å². The lowest BCUT2D eigenvalue weighted by atomic mass is 10.1. The minimum absolute atomic E-state index is 0.0439. The molecule has 21 heavy (non-hydrogen) atoms. The first kappa shape index (κ1) is 12.0. The Kier molecular flexibility index (Phi) is 2.48. The Labute approximate surface area is 120 Å². The van der Waals surface area contributed by atoms with Gasteiger partial charge in [0.15, 0.2) is 5.43 Å². The first-order valence-corrected chi connectivity index (χ1v) is 6.73. The third kappa shape index (κ3) is 1.86. The van der Waals surface area contributed by atoms with Crippen LogP contribution in [0.4, 0.5) is 0 Å². The quantitative estimate of drug-likeness (QED) is 0.513. The van der Waals surface area contributed by atoms with Crippen molar-refractivity contribution in [2.45, 2.75) is 6.92 Å². The predicted molar refractivity (Wildman–Crippen MR) is 82.4 cm³/mol. The SMILES string of the molecule is Cc1coc2cc3oc(-c4ccccc4)cc(=O)c3cc12. The molecule has 2 aromatic carbocycles. The molecule has 3 heteroatoms. The van der Waals surface area contributed by atoms with Crippen LogP contribution in [0.15, 0.2) is 68.4 Å². The molecule has 0 aliphatic heterocycles. The molecule has 0 aliphatic rings. The van der Waals surface area contributed by atoms with Gasteiger partial charge in [0.2, 0.25) is 0 Å². The van der Waals surface area contributed by atoms with E-state index in [0.29, 0.717) is 16.7 Å². The average molecular weight is 276 g/mol. The van der Waals surface area contributed by atoms with Gasteiger partial charge in [0.25, 0.3) is 0 Å². The van der Waals surface area contributed by atoms with Gasteiger partial charge in [0, 0.05) is 23.1 Å². The molecule has 0 saturated heterocycles. The third-order valence-corrected chi connectivity index (χ3v) is 3.68. The monoisotopic (exact) mass is 276 g/mol. The van der Waals surface area contributed by atoms with Gasteiger partial charge in [-0.25, -0.2) is 0 Å². The number of benzene rings is 2. The number of hydrogen-bond donors (Lipinski definition) is 0. The maximum absolute atomic E-state index is 12.4. The molecule has 3 nitrogen and oxygen atoms in total. The van der Waals surface area contributed by atoms with E-state index in [1.54, 1.807) is 18.4 Å². The molecular formula is C18H12O3. The molecule has 102 valence electrons. The van der Waals surface area contributed by atoms with Crippen LogP contribution in [-0.4, -0.2) is 0 Å². The lowest BCUT2D eigenvalue weighted by Crippen LogP contribution is -2.00. The van der Waals surface area contributed by atoms with E-state index >= 15 is 0 Å². The molecule has 2 heterocycles. The molecule has 4 rings (SSSR count). The zero-order chi connectivity index (χ0) is 14.4. The highest BCUT2D eigenvalue weighted by molar-refractivity contribution is 5.95. The fraction of sp³-hybridized carbons (Fsp3) is 0.0556. The fourth-order valence-corrected chi connectivity index (χ4v) is 2.55. The largest absolute Gasteiger partial charge is 0.464 e.